The lowest BCUT2D eigenvalue weighted by Crippen LogP contribution is -2.33. The Morgan fingerprint density at radius 3 is 2.49 bits per heavy atom. The summed E-state index contributed by atoms with van der Waals surface area (Å²) in [5, 5.41) is 12.4. The minimum atomic E-state index is -5.15. The van der Waals surface area contributed by atoms with Crippen molar-refractivity contribution in [2.24, 2.45) is 0 Å². The van der Waals surface area contributed by atoms with E-state index in [4.69, 9.17) is 22.8 Å². The van der Waals surface area contributed by atoms with Crippen LogP contribution in [0.15, 0.2) is 29.3 Å². The van der Waals surface area contributed by atoms with Crippen LogP contribution in [0.2, 0.25) is 5.02 Å². The van der Waals surface area contributed by atoms with E-state index in [1.165, 1.54) is 12.8 Å². The second-order valence-electron chi connectivity index (χ2n) is 7.08. The highest BCUT2D eigenvalue weighted by atomic mass is 35.5. The van der Waals surface area contributed by atoms with Gasteiger partial charge in [0.15, 0.2) is 0 Å². The molecule has 0 fully saturated rings. The van der Waals surface area contributed by atoms with Gasteiger partial charge in [0.2, 0.25) is 5.82 Å². The molecular weight excluding hydrogens is 534 g/mol. The standard InChI is InChI=1S/C22H13ClF6N4O4/c1-3-18(22(27,28)29)37-17-7-16(33-21(36)32(4-2)19(31-33)20(34)35)14(25)6-11(17)13(24)5-10-12(23)8-30-9-15(10)26/h1,5-9,18H,4H2,2H3,(H,34,35)/b13-5-/t18-/m0/s1. The van der Waals surface area contributed by atoms with Crippen LogP contribution in [0.3, 0.4) is 0 Å². The molecule has 15 heteroatoms. The van der Waals surface area contributed by atoms with Gasteiger partial charge in [0, 0.05) is 24.4 Å². The third kappa shape index (κ3) is 5.46. The molecule has 0 aliphatic rings. The van der Waals surface area contributed by atoms with E-state index in [9.17, 15) is 32.3 Å². The molecule has 2 aromatic heterocycles. The molecule has 2 heterocycles. The Hall–Kier alpha value is -4.25. The van der Waals surface area contributed by atoms with Gasteiger partial charge in [-0.25, -0.2) is 22.8 Å². The first-order chi connectivity index (χ1) is 17.3. The number of hydrogen-bond acceptors (Lipinski definition) is 5. The molecule has 0 aliphatic heterocycles. The molecule has 1 aromatic carbocycles. The SMILES string of the molecule is C#C[C@H](Oc1cc(-n2nc(C(=O)O)n(CC)c2=O)c(F)cc1/C(F)=C/c1c(F)cncc1Cl)C(F)(F)F. The zero-order chi connectivity index (χ0) is 27.7. The number of aromatic nitrogens is 4. The van der Waals surface area contributed by atoms with Crippen LogP contribution in [0.5, 0.6) is 5.75 Å². The van der Waals surface area contributed by atoms with E-state index in [-0.39, 0.29) is 16.2 Å². The van der Waals surface area contributed by atoms with Crippen LogP contribution in [0.1, 0.15) is 28.7 Å². The molecule has 0 radical (unpaired) electrons. The molecule has 0 amide bonds. The van der Waals surface area contributed by atoms with Gasteiger partial charge in [-0.05, 0) is 19.1 Å². The molecule has 0 saturated carbocycles. The van der Waals surface area contributed by atoms with Gasteiger partial charge < -0.3 is 9.84 Å². The molecule has 0 unspecified atom stereocenters. The maximum atomic E-state index is 15.2. The first kappa shape index (κ1) is 27.3. The molecule has 1 atom stereocenters. The number of rotatable bonds is 7. The molecule has 3 aromatic rings. The van der Waals surface area contributed by atoms with Crippen LogP contribution in [-0.2, 0) is 6.54 Å². The van der Waals surface area contributed by atoms with Gasteiger partial charge in [-0.1, -0.05) is 17.5 Å². The minimum absolute atomic E-state index is 0.202. The summed E-state index contributed by atoms with van der Waals surface area (Å²) in [4.78, 5) is 27.4. The maximum Gasteiger partial charge on any atom is 0.437 e. The van der Waals surface area contributed by atoms with Crippen molar-refractivity contribution in [3.05, 3.63) is 68.6 Å². The fourth-order valence-electron chi connectivity index (χ4n) is 3.07. The second-order valence-corrected chi connectivity index (χ2v) is 7.49. The van der Waals surface area contributed by atoms with Crippen LogP contribution in [0, 0.1) is 24.0 Å². The predicted octanol–water partition coefficient (Wildman–Crippen LogP) is 4.49. The number of nitrogens with zero attached hydrogens (tertiary/aromatic N) is 4. The third-order valence-electron chi connectivity index (χ3n) is 4.76. The van der Waals surface area contributed by atoms with Crippen molar-refractivity contribution < 1.29 is 41.0 Å². The van der Waals surface area contributed by atoms with Gasteiger partial charge in [0.1, 0.15) is 28.9 Å². The van der Waals surface area contributed by atoms with E-state index in [0.717, 1.165) is 6.20 Å². The molecular formula is C22H13ClF6N4O4. The number of halogens is 7. The monoisotopic (exact) mass is 546 g/mol. The summed E-state index contributed by atoms with van der Waals surface area (Å²) in [6.07, 6.45) is -1.12. The fourth-order valence-corrected chi connectivity index (χ4v) is 3.27. The smallest absolute Gasteiger partial charge is 0.437 e. The molecule has 3 rings (SSSR count). The van der Waals surface area contributed by atoms with Crippen molar-refractivity contribution in [2.45, 2.75) is 25.7 Å². The second kappa shape index (κ2) is 10.4. The summed E-state index contributed by atoms with van der Waals surface area (Å²) < 4.78 is 89.8. The van der Waals surface area contributed by atoms with Crippen LogP contribution in [-0.4, -0.2) is 42.7 Å². The molecule has 0 bridgehead atoms. The first-order valence-electron chi connectivity index (χ1n) is 9.93. The molecule has 0 spiro atoms. The van der Waals surface area contributed by atoms with Gasteiger partial charge in [-0.2, -0.15) is 17.9 Å². The number of benzene rings is 1. The summed E-state index contributed by atoms with van der Waals surface area (Å²) in [7, 11) is 0. The number of alkyl halides is 3. The van der Waals surface area contributed by atoms with Crippen LogP contribution in [0.4, 0.5) is 26.3 Å². The average molecular weight is 547 g/mol. The minimum Gasteiger partial charge on any atom is -0.475 e. The van der Waals surface area contributed by atoms with Crippen molar-refractivity contribution >= 4 is 29.5 Å². The van der Waals surface area contributed by atoms with E-state index >= 15 is 8.78 Å². The van der Waals surface area contributed by atoms with Crippen LogP contribution >= 0.6 is 11.6 Å². The first-order valence-corrected chi connectivity index (χ1v) is 10.3. The van der Waals surface area contributed by atoms with Crippen LogP contribution in [0.25, 0.3) is 17.6 Å². The Morgan fingerprint density at radius 1 is 1.30 bits per heavy atom. The molecule has 8 nitrogen and oxygen atoms in total. The number of pyridine rings is 1. The Labute approximate surface area is 208 Å². The lowest BCUT2D eigenvalue weighted by atomic mass is 10.1. The summed E-state index contributed by atoms with van der Waals surface area (Å²) >= 11 is 5.79. The lowest BCUT2D eigenvalue weighted by molar-refractivity contribution is -0.177. The highest BCUT2D eigenvalue weighted by Gasteiger charge is 2.41. The zero-order valence-electron chi connectivity index (χ0n) is 18.4. The topological polar surface area (TPSA) is 99.2 Å². The van der Waals surface area contributed by atoms with E-state index in [0.29, 0.717) is 29.0 Å². The van der Waals surface area contributed by atoms with E-state index in [1.54, 1.807) is 0 Å². The summed E-state index contributed by atoms with van der Waals surface area (Å²) in [6, 6.07) is 0.810. The van der Waals surface area contributed by atoms with Crippen molar-refractivity contribution in [1.82, 2.24) is 19.3 Å². The predicted molar refractivity (Wildman–Crippen MR) is 118 cm³/mol. The van der Waals surface area contributed by atoms with E-state index in [2.05, 4.69) is 10.1 Å². The van der Waals surface area contributed by atoms with E-state index in [1.807, 2.05) is 0 Å². The number of ether oxygens (including phenoxy) is 1. The van der Waals surface area contributed by atoms with Crippen molar-refractivity contribution in [2.75, 3.05) is 0 Å². The van der Waals surface area contributed by atoms with Gasteiger partial charge in [-0.3, -0.25) is 9.55 Å². The fraction of sp³-hybridized carbons (Fsp3) is 0.182. The number of aromatic carboxylic acids is 1. The lowest BCUT2D eigenvalue weighted by Gasteiger charge is -2.19. The van der Waals surface area contributed by atoms with E-state index < -0.39 is 69.8 Å². The van der Waals surface area contributed by atoms with Crippen LogP contribution < -0.4 is 10.4 Å². The molecule has 0 aliphatic carbocycles. The molecule has 1 N–H and O–H groups in total. The summed E-state index contributed by atoms with van der Waals surface area (Å²) in [5.41, 5.74) is -3.56. The molecule has 194 valence electrons. The number of terminal acetylenes is 1. The zero-order valence-corrected chi connectivity index (χ0v) is 19.1. The number of carboxylic acids is 1. The Morgan fingerprint density at radius 2 is 1.97 bits per heavy atom. The van der Waals surface area contributed by atoms with Crippen molar-refractivity contribution in [3.63, 3.8) is 0 Å². The maximum absolute atomic E-state index is 15.2. The molecule has 37 heavy (non-hydrogen) atoms. The summed E-state index contributed by atoms with van der Waals surface area (Å²) in [6.45, 7) is 1.19. The third-order valence-corrected chi connectivity index (χ3v) is 5.06. The Balaban J connectivity index is 2.29. The Kier molecular flexibility index (Phi) is 7.68. The van der Waals surface area contributed by atoms with Crippen molar-refractivity contribution in [1.29, 1.82) is 0 Å². The molecule has 0 saturated heterocycles. The van der Waals surface area contributed by atoms with Gasteiger partial charge in [-0.15, -0.1) is 11.5 Å². The van der Waals surface area contributed by atoms with Gasteiger partial charge in [0.05, 0.1) is 16.8 Å². The highest BCUT2D eigenvalue weighted by molar-refractivity contribution is 6.32. The van der Waals surface area contributed by atoms with Gasteiger partial charge in [0.25, 0.3) is 6.10 Å². The van der Waals surface area contributed by atoms with Gasteiger partial charge >= 0.3 is 17.8 Å². The number of carbonyl (C=O) groups is 1. The normalized spacial score (nSPS) is 12.8. The summed E-state index contributed by atoms with van der Waals surface area (Å²) in [5.74, 6) is -6.18. The van der Waals surface area contributed by atoms with Crippen molar-refractivity contribution in [3.8, 4) is 23.8 Å². The largest absolute Gasteiger partial charge is 0.475 e. The number of carboxylic acid groups (broad SMARTS) is 1. The number of hydrogen-bond donors (Lipinski definition) is 1. The quantitative estimate of drug-likeness (QED) is 0.346. The average Bonchev–Trinajstić information content (AvgIpc) is 3.15. The Bertz CT molecular complexity index is 1490. The highest BCUT2D eigenvalue weighted by Crippen LogP contribution is 2.36.